The van der Waals surface area contributed by atoms with Crippen molar-refractivity contribution in [3.05, 3.63) is 76.3 Å². The number of Topliss-reactive ketones (excluding diaryl/α,β-unsaturated/α-hetero) is 1. The summed E-state index contributed by atoms with van der Waals surface area (Å²) in [4.78, 5) is 22.2. The molecule has 0 bridgehead atoms. The molecule has 0 aromatic heterocycles. The summed E-state index contributed by atoms with van der Waals surface area (Å²) >= 11 is 5.85. The van der Waals surface area contributed by atoms with E-state index in [1.807, 2.05) is 12.1 Å². The number of hydrogen-bond acceptors (Lipinski definition) is 3. The van der Waals surface area contributed by atoms with Crippen LogP contribution in [0.1, 0.15) is 59.5 Å². The second kappa shape index (κ2) is 8.33. The molecule has 0 spiro atoms. The van der Waals surface area contributed by atoms with E-state index in [1.54, 1.807) is 18.2 Å². The van der Waals surface area contributed by atoms with E-state index in [9.17, 15) is 14.7 Å². The molecule has 1 fully saturated rings. The highest BCUT2D eigenvalue weighted by atomic mass is 35.5. The van der Waals surface area contributed by atoms with Gasteiger partial charge in [-0.1, -0.05) is 67.3 Å². The Morgan fingerprint density at radius 2 is 1.46 bits per heavy atom. The summed E-state index contributed by atoms with van der Waals surface area (Å²) in [6.45, 7) is 0. The Bertz CT molecular complexity index is 831. The molecule has 3 nitrogen and oxygen atoms in total. The van der Waals surface area contributed by atoms with Gasteiger partial charge in [-0.15, -0.1) is 0 Å². The quantitative estimate of drug-likeness (QED) is 0.653. The van der Waals surface area contributed by atoms with Crippen LogP contribution in [0.2, 0.25) is 5.02 Å². The molecule has 2 aliphatic rings. The van der Waals surface area contributed by atoms with Crippen LogP contribution in [0.5, 0.6) is 0 Å². The molecule has 134 valence electrons. The number of ketones is 2. The molecule has 2 aromatic carbocycles. The van der Waals surface area contributed by atoms with Crippen LogP contribution in [0.25, 0.3) is 5.76 Å². The van der Waals surface area contributed by atoms with Gasteiger partial charge >= 0.3 is 0 Å². The summed E-state index contributed by atoms with van der Waals surface area (Å²) < 4.78 is 0. The van der Waals surface area contributed by atoms with Gasteiger partial charge in [0.15, 0.2) is 0 Å². The fourth-order valence-electron chi connectivity index (χ4n) is 3.48. The lowest BCUT2D eigenvalue weighted by atomic mass is 9.84. The van der Waals surface area contributed by atoms with Gasteiger partial charge in [-0.05, 0) is 36.5 Å². The lowest BCUT2D eigenvalue weighted by molar-refractivity contribution is -0.111. The minimum Gasteiger partial charge on any atom is -0.507 e. The standard InChI is InChI=1S/C12H15Cl.C10H6O3/c13-12-8-6-11(7-9-12)10-4-2-1-3-5-10;11-8-5-9(12)10(13)7-4-2-1-3-6(7)8/h6-10H,1-5H2;1-5,11H. The normalized spacial score (nSPS) is 17.0. The third-order valence-electron chi connectivity index (χ3n) is 4.89. The van der Waals surface area contributed by atoms with E-state index in [-0.39, 0.29) is 11.3 Å². The smallest absolute Gasteiger partial charge is 0.233 e. The van der Waals surface area contributed by atoms with Crippen molar-refractivity contribution in [1.29, 1.82) is 0 Å². The number of aliphatic hydroxyl groups is 1. The number of benzene rings is 2. The number of fused-ring (bicyclic) bond motifs is 1. The summed E-state index contributed by atoms with van der Waals surface area (Å²) in [5.74, 6) is -0.573. The lowest BCUT2D eigenvalue weighted by Gasteiger charge is -2.21. The van der Waals surface area contributed by atoms with E-state index in [0.29, 0.717) is 5.56 Å². The van der Waals surface area contributed by atoms with Crippen LogP contribution in [-0.4, -0.2) is 16.7 Å². The predicted molar refractivity (Wildman–Crippen MR) is 104 cm³/mol. The number of allylic oxidation sites excluding steroid dienone is 1. The average Bonchev–Trinajstić information content (AvgIpc) is 2.68. The maximum atomic E-state index is 11.3. The molecular formula is C22H21ClO3. The Morgan fingerprint density at radius 1 is 0.846 bits per heavy atom. The number of halogens is 1. The first-order valence-electron chi connectivity index (χ1n) is 8.90. The minimum atomic E-state index is -0.670. The third-order valence-corrected chi connectivity index (χ3v) is 5.14. The van der Waals surface area contributed by atoms with Crippen molar-refractivity contribution < 1.29 is 14.7 Å². The van der Waals surface area contributed by atoms with Crippen molar-refractivity contribution >= 4 is 28.9 Å². The van der Waals surface area contributed by atoms with E-state index >= 15 is 0 Å². The predicted octanol–water partition coefficient (Wildman–Crippen LogP) is 5.74. The maximum Gasteiger partial charge on any atom is 0.233 e. The molecule has 0 heterocycles. The Labute approximate surface area is 158 Å². The van der Waals surface area contributed by atoms with E-state index in [0.717, 1.165) is 17.0 Å². The van der Waals surface area contributed by atoms with Crippen molar-refractivity contribution in [2.24, 2.45) is 0 Å². The highest BCUT2D eigenvalue weighted by molar-refractivity contribution is 6.50. The molecule has 0 radical (unpaired) electrons. The SMILES string of the molecule is Clc1ccc(C2CCCCC2)cc1.O=C1C=C(O)c2ccccc2C1=O. The summed E-state index contributed by atoms with van der Waals surface area (Å²) in [6, 6.07) is 14.9. The first kappa shape index (κ1) is 18.4. The van der Waals surface area contributed by atoms with Gasteiger partial charge in [-0.25, -0.2) is 0 Å². The van der Waals surface area contributed by atoms with Crippen LogP contribution in [-0.2, 0) is 4.79 Å². The van der Waals surface area contributed by atoms with Crippen molar-refractivity contribution in [2.45, 2.75) is 38.0 Å². The topological polar surface area (TPSA) is 54.4 Å². The summed E-state index contributed by atoms with van der Waals surface area (Å²) in [5.41, 5.74) is 2.17. The molecule has 2 aliphatic carbocycles. The summed E-state index contributed by atoms with van der Waals surface area (Å²) in [5, 5.41) is 10.2. The summed E-state index contributed by atoms with van der Waals surface area (Å²) in [7, 11) is 0. The molecule has 0 unspecified atom stereocenters. The summed E-state index contributed by atoms with van der Waals surface area (Å²) in [6.07, 6.45) is 7.89. The van der Waals surface area contributed by atoms with Gasteiger partial charge in [0.25, 0.3) is 0 Å². The fraction of sp³-hybridized carbons (Fsp3) is 0.273. The lowest BCUT2D eigenvalue weighted by Crippen LogP contribution is -2.18. The Hall–Kier alpha value is -2.39. The number of hydrogen-bond donors (Lipinski definition) is 1. The number of carbonyl (C=O) groups is 2. The van der Waals surface area contributed by atoms with Crippen molar-refractivity contribution in [3.63, 3.8) is 0 Å². The van der Waals surface area contributed by atoms with Gasteiger partial charge in [0.05, 0.1) is 0 Å². The van der Waals surface area contributed by atoms with Crippen molar-refractivity contribution in [2.75, 3.05) is 0 Å². The van der Waals surface area contributed by atoms with Gasteiger partial charge in [-0.3, -0.25) is 9.59 Å². The molecule has 0 amide bonds. The highest BCUT2D eigenvalue weighted by Crippen LogP contribution is 2.32. The van der Waals surface area contributed by atoms with Crippen LogP contribution >= 0.6 is 11.6 Å². The minimum absolute atomic E-state index is 0.139. The molecule has 1 N–H and O–H groups in total. The second-order valence-corrected chi connectivity index (χ2v) is 7.09. The Balaban J connectivity index is 0.000000151. The van der Waals surface area contributed by atoms with Crippen LogP contribution in [0.4, 0.5) is 0 Å². The number of carbonyl (C=O) groups excluding carboxylic acids is 2. The van der Waals surface area contributed by atoms with E-state index in [4.69, 9.17) is 11.6 Å². The van der Waals surface area contributed by atoms with Gasteiger partial charge < -0.3 is 5.11 Å². The maximum absolute atomic E-state index is 11.3. The number of rotatable bonds is 1. The zero-order valence-corrected chi connectivity index (χ0v) is 15.2. The van der Waals surface area contributed by atoms with Crippen LogP contribution in [0, 0.1) is 0 Å². The highest BCUT2D eigenvalue weighted by Gasteiger charge is 2.24. The van der Waals surface area contributed by atoms with Crippen LogP contribution < -0.4 is 0 Å². The van der Waals surface area contributed by atoms with Gasteiger partial charge in [0.2, 0.25) is 11.6 Å². The largest absolute Gasteiger partial charge is 0.507 e. The van der Waals surface area contributed by atoms with Gasteiger partial charge in [0, 0.05) is 22.2 Å². The molecule has 26 heavy (non-hydrogen) atoms. The first-order chi connectivity index (χ1) is 12.6. The third kappa shape index (κ3) is 4.23. The van der Waals surface area contributed by atoms with Crippen molar-refractivity contribution in [3.8, 4) is 0 Å². The molecule has 2 aromatic rings. The molecular weight excluding hydrogens is 348 g/mol. The van der Waals surface area contributed by atoms with Gasteiger partial charge in [-0.2, -0.15) is 0 Å². The molecule has 4 heteroatoms. The van der Waals surface area contributed by atoms with E-state index < -0.39 is 11.6 Å². The van der Waals surface area contributed by atoms with Crippen molar-refractivity contribution in [1.82, 2.24) is 0 Å². The first-order valence-corrected chi connectivity index (χ1v) is 9.28. The fourth-order valence-corrected chi connectivity index (χ4v) is 3.60. The molecule has 0 saturated heterocycles. The molecule has 4 rings (SSSR count). The van der Waals surface area contributed by atoms with Crippen LogP contribution in [0.15, 0.2) is 54.6 Å². The van der Waals surface area contributed by atoms with Crippen LogP contribution in [0.3, 0.4) is 0 Å². The molecule has 0 atom stereocenters. The Kier molecular flexibility index (Phi) is 5.89. The second-order valence-electron chi connectivity index (χ2n) is 6.66. The molecule has 0 aliphatic heterocycles. The van der Waals surface area contributed by atoms with E-state index in [1.165, 1.54) is 43.7 Å². The average molecular weight is 369 g/mol. The molecule has 1 saturated carbocycles. The number of aliphatic hydroxyl groups excluding tert-OH is 1. The van der Waals surface area contributed by atoms with Gasteiger partial charge in [0.1, 0.15) is 5.76 Å². The van der Waals surface area contributed by atoms with E-state index in [2.05, 4.69) is 12.1 Å². The Morgan fingerprint density at radius 3 is 2.12 bits per heavy atom. The zero-order chi connectivity index (χ0) is 18.5. The monoisotopic (exact) mass is 368 g/mol. The zero-order valence-electron chi connectivity index (χ0n) is 14.5.